The molecule has 1 aliphatic rings. The van der Waals surface area contributed by atoms with Crippen LogP contribution in [0.25, 0.3) is 0 Å². The third kappa shape index (κ3) is 1.39. The number of rotatable bonds is 1. The first-order valence-electron chi connectivity index (χ1n) is 3.93. The molecule has 64 valence electrons. The summed E-state index contributed by atoms with van der Waals surface area (Å²) >= 11 is 3.17. The maximum absolute atomic E-state index is 12.8. The maximum Gasteiger partial charge on any atom is 0.137 e. The van der Waals surface area contributed by atoms with Gasteiger partial charge in [0.1, 0.15) is 5.82 Å². The summed E-state index contributed by atoms with van der Waals surface area (Å²) < 4.78 is 13.4. The lowest BCUT2D eigenvalue weighted by Gasteiger charge is -2.27. The minimum absolute atomic E-state index is 0.189. The molecular formula is C9H9BrFN. The Labute approximate surface area is 79.1 Å². The van der Waals surface area contributed by atoms with Gasteiger partial charge in [0.05, 0.1) is 4.47 Å². The predicted octanol–water partition coefficient (Wildman–Crippen LogP) is 2.28. The van der Waals surface area contributed by atoms with Gasteiger partial charge in [-0.1, -0.05) is 6.07 Å². The van der Waals surface area contributed by atoms with Gasteiger partial charge in [0.2, 0.25) is 0 Å². The van der Waals surface area contributed by atoms with Gasteiger partial charge in [0, 0.05) is 19.0 Å². The van der Waals surface area contributed by atoms with Crippen LogP contribution < -0.4 is 5.32 Å². The molecule has 1 saturated heterocycles. The van der Waals surface area contributed by atoms with Gasteiger partial charge < -0.3 is 5.32 Å². The minimum Gasteiger partial charge on any atom is -0.315 e. The van der Waals surface area contributed by atoms with Gasteiger partial charge in [-0.2, -0.15) is 0 Å². The van der Waals surface area contributed by atoms with E-state index in [1.54, 1.807) is 0 Å². The molecule has 1 fully saturated rings. The second-order valence-electron chi connectivity index (χ2n) is 3.03. The molecule has 0 amide bonds. The molecule has 1 aliphatic heterocycles. The first kappa shape index (κ1) is 8.20. The summed E-state index contributed by atoms with van der Waals surface area (Å²) in [7, 11) is 0. The maximum atomic E-state index is 12.8. The molecule has 0 unspecified atom stereocenters. The normalized spacial score (nSPS) is 17.5. The molecule has 1 aromatic carbocycles. The topological polar surface area (TPSA) is 12.0 Å². The number of hydrogen-bond acceptors (Lipinski definition) is 1. The standard InChI is InChI=1S/C9H9BrFN/c10-8-3-6(1-2-9(8)11)7-4-12-5-7/h1-3,7,12H,4-5H2. The summed E-state index contributed by atoms with van der Waals surface area (Å²) in [5.74, 6) is 0.382. The zero-order chi connectivity index (χ0) is 8.55. The minimum atomic E-state index is -0.189. The zero-order valence-corrected chi connectivity index (χ0v) is 8.07. The molecule has 0 aromatic heterocycles. The van der Waals surface area contributed by atoms with Crippen molar-refractivity contribution in [3.8, 4) is 0 Å². The van der Waals surface area contributed by atoms with Crippen molar-refractivity contribution >= 4 is 15.9 Å². The van der Waals surface area contributed by atoms with Gasteiger partial charge in [-0.3, -0.25) is 0 Å². The van der Waals surface area contributed by atoms with Gasteiger partial charge in [0.25, 0.3) is 0 Å². The summed E-state index contributed by atoms with van der Waals surface area (Å²) in [6.07, 6.45) is 0. The van der Waals surface area contributed by atoms with E-state index in [-0.39, 0.29) is 5.82 Å². The molecule has 2 rings (SSSR count). The Morgan fingerprint density at radius 1 is 1.42 bits per heavy atom. The van der Waals surface area contributed by atoms with Crippen LogP contribution in [0.3, 0.4) is 0 Å². The summed E-state index contributed by atoms with van der Waals surface area (Å²) in [6, 6.07) is 5.23. The molecule has 0 bridgehead atoms. The second-order valence-corrected chi connectivity index (χ2v) is 3.88. The monoisotopic (exact) mass is 229 g/mol. The molecule has 0 radical (unpaired) electrons. The Balaban J connectivity index is 2.27. The van der Waals surface area contributed by atoms with Gasteiger partial charge in [-0.25, -0.2) is 4.39 Å². The van der Waals surface area contributed by atoms with Crippen LogP contribution in [-0.4, -0.2) is 13.1 Å². The highest BCUT2D eigenvalue weighted by atomic mass is 79.9. The van der Waals surface area contributed by atoms with Gasteiger partial charge in [-0.05, 0) is 33.6 Å². The van der Waals surface area contributed by atoms with E-state index in [1.807, 2.05) is 12.1 Å². The number of benzene rings is 1. The van der Waals surface area contributed by atoms with Crippen molar-refractivity contribution in [2.75, 3.05) is 13.1 Å². The van der Waals surface area contributed by atoms with Crippen LogP contribution in [-0.2, 0) is 0 Å². The first-order chi connectivity index (χ1) is 5.77. The van der Waals surface area contributed by atoms with Crippen LogP contribution in [0.5, 0.6) is 0 Å². The van der Waals surface area contributed by atoms with Crippen LogP contribution in [0.15, 0.2) is 22.7 Å². The summed E-state index contributed by atoms with van der Waals surface area (Å²) in [4.78, 5) is 0. The molecule has 1 N–H and O–H groups in total. The number of halogens is 2. The highest BCUT2D eigenvalue weighted by Crippen LogP contribution is 2.24. The quantitative estimate of drug-likeness (QED) is 0.780. The first-order valence-corrected chi connectivity index (χ1v) is 4.72. The summed E-state index contributed by atoms with van der Waals surface area (Å²) in [5.41, 5.74) is 1.21. The van der Waals surface area contributed by atoms with E-state index in [1.165, 1.54) is 11.6 Å². The van der Waals surface area contributed by atoms with Crippen LogP contribution in [0.1, 0.15) is 11.5 Å². The molecule has 1 aromatic rings. The fourth-order valence-electron chi connectivity index (χ4n) is 1.29. The van der Waals surface area contributed by atoms with Gasteiger partial charge in [-0.15, -0.1) is 0 Å². The van der Waals surface area contributed by atoms with E-state index in [2.05, 4.69) is 21.2 Å². The van der Waals surface area contributed by atoms with Crippen LogP contribution in [0.2, 0.25) is 0 Å². The molecular weight excluding hydrogens is 221 g/mol. The average molecular weight is 230 g/mol. The Hall–Kier alpha value is -0.410. The highest BCUT2D eigenvalue weighted by Gasteiger charge is 2.19. The fourth-order valence-corrected chi connectivity index (χ4v) is 1.69. The van der Waals surface area contributed by atoms with Crippen LogP contribution in [0.4, 0.5) is 4.39 Å². The Morgan fingerprint density at radius 3 is 2.67 bits per heavy atom. The van der Waals surface area contributed by atoms with E-state index in [9.17, 15) is 4.39 Å². The van der Waals surface area contributed by atoms with E-state index in [4.69, 9.17) is 0 Å². The summed E-state index contributed by atoms with van der Waals surface area (Å²) in [6.45, 7) is 2.02. The third-order valence-electron chi connectivity index (χ3n) is 2.20. The van der Waals surface area contributed by atoms with E-state index in [0.29, 0.717) is 10.4 Å². The van der Waals surface area contributed by atoms with Crippen molar-refractivity contribution in [1.29, 1.82) is 0 Å². The molecule has 1 heterocycles. The van der Waals surface area contributed by atoms with E-state index < -0.39 is 0 Å². The van der Waals surface area contributed by atoms with Crippen molar-refractivity contribution in [3.63, 3.8) is 0 Å². The molecule has 0 saturated carbocycles. The van der Waals surface area contributed by atoms with Crippen molar-refractivity contribution in [3.05, 3.63) is 34.1 Å². The van der Waals surface area contributed by atoms with Crippen LogP contribution >= 0.6 is 15.9 Å². The third-order valence-corrected chi connectivity index (χ3v) is 2.80. The molecule has 0 aliphatic carbocycles. The van der Waals surface area contributed by atoms with Crippen molar-refractivity contribution < 1.29 is 4.39 Å². The zero-order valence-electron chi connectivity index (χ0n) is 6.48. The molecule has 3 heteroatoms. The lowest BCUT2D eigenvalue weighted by atomic mass is 9.94. The summed E-state index contributed by atoms with van der Waals surface area (Å²) in [5, 5.41) is 3.18. The molecule has 1 nitrogen and oxygen atoms in total. The lowest BCUT2D eigenvalue weighted by Crippen LogP contribution is -2.39. The van der Waals surface area contributed by atoms with Crippen molar-refractivity contribution in [1.82, 2.24) is 5.32 Å². The molecule has 12 heavy (non-hydrogen) atoms. The Morgan fingerprint density at radius 2 is 2.17 bits per heavy atom. The lowest BCUT2D eigenvalue weighted by molar-refractivity contribution is 0.447. The smallest absolute Gasteiger partial charge is 0.137 e. The molecule has 0 spiro atoms. The van der Waals surface area contributed by atoms with E-state index in [0.717, 1.165) is 13.1 Å². The number of hydrogen-bond donors (Lipinski definition) is 1. The molecule has 0 atom stereocenters. The second kappa shape index (κ2) is 3.15. The van der Waals surface area contributed by atoms with E-state index >= 15 is 0 Å². The Kier molecular flexibility index (Phi) is 2.15. The van der Waals surface area contributed by atoms with Gasteiger partial charge in [0.15, 0.2) is 0 Å². The predicted molar refractivity (Wildman–Crippen MR) is 49.7 cm³/mol. The fraction of sp³-hybridized carbons (Fsp3) is 0.333. The Bertz CT molecular complexity index is 297. The van der Waals surface area contributed by atoms with Crippen LogP contribution in [0, 0.1) is 5.82 Å². The van der Waals surface area contributed by atoms with Crippen molar-refractivity contribution in [2.45, 2.75) is 5.92 Å². The van der Waals surface area contributed by atoms with Crippen molar-refractivity contribution in [2.24, 2.45) is 0 Å². The van der Waals surface area contributed by atoms with Gasteiger partial charge >= 0.3 is 0 Å². The highest BCUT2D eigenvalue weighted by molar-refractivity contribution is 9.10. The SMILES string of the molecule is Fc1ccc(C2CNC2)cc1Br. The average Bonchev–Trinajstić information content (AvgIpc) is 1.93. The number of nitrogens with one attached hydrogen (secondary N) is 1. The largest absolute Gasteiger partial charge is 0.315 e.